The van der Waals surface area contributed by atoms with Crippen LogP contribution < -0.4 is 0 Å². The number of carbonyl (C=O) groups excluding carboxylic acids is 2. The minimum Gasteiger partial charge on any atom is -0.462 e. The van der Waals surface area contributed by atoms with Crippen molar-refractivity contribution in [2.45, 2.75) is 213 Å². The molecule has 0 heterocycles. The fraction of sp³-hybridized carbons (Fsp3) is 0.593. The van der Waals surface area contributed by atoms with E-state index in [1.165, 1.54) is 64.2 Å². The Kier molecular flexibility index (Phi) is 50.1. The van der Waals surface area contributed by atoms with Gasteiger partial charge in [0.1, 0.15) is 6.61 Å². The molecule has 1 unspecified atom stereocenters. The first-order chi connectivity index (χ1) is 31.6. The van der Waals surface area contributed by atoms with E-state index >= 15 is 0 Å². The number of esters is 2. The Hall–Kier alpha value is -3.96. The Morgan fingerprint density at radius 2 is 0.625 bits per heavy atom. The van der Waals surface area contributed by atoms with Crippen molar-refractivity contribution in [3.63, 3.8) is 0 Å². The summed E-state index contributed by atoms with van der Waals surface area (Å²) < 4.78 is 10.6. The molecule has 0 aliphatic heterocycles. The van der Waals surface area contributed by atoms with Crippen molar-refractivity contribution in [1.29, 1.82) is 0 Å². The van der Waals surface area contributed by atoms with Gasteiger partial charge in [0.2, 0.25) is 0 Å². The summed E-state index contributed by atoms with van der Waals surface area (Å²) in [7, 11) is 0. The van der Waals surface area contributed by atoms with Crippen molar-refractivity contribution in [2.24, 2.45) is 0 Å². The van der Waals surface area contributed by atoms with Crippen molar-refractivity contribution < 1.29 is 24.2 Å². The summed E-state index contributed by atoms with van der Waals surface area (Å²) in [5, 5.41) is 9.60. The molecule has 0 aliphatic rings. The number of aliphatic hydroxyl groups excluding tert-OH is 1. The van der Waals surface area contributed by atoms with Crippen molar-refractivity contribution in [3.8, 4) is 0 Å². The fourth-order valence-electron chi connectivity index (χ4n) is 6.64. The van der Waals surface area contributed by atoms with E-state index in [0.717, 1.165) is 116 Å². The molecule has 64 heavy (non-hydrogen) atoms. The molecule has 5 heteroatoms. The number of rotatable bonds is 45. The Balaban J connectivity index is 3.57. The van der Waals surface area contributed by atoms with Crippen LogP contribution in [0.5, 0.6) is 0 Å². The van der Waals surface area contributed by atoms with Gasteiger partial charge in [0.15, 0.2) is 6.10 Å². The summed E-state index contributed by atoms with van der Waals surface area (Å²) in [4.78, 5) is 24.4. The van der Waals surface area contributed by atoms with Gasteiger partial charge in [-0.25, -0.2) is 0 Å². The van der Waals surface area contributed by atoms with Gasteiger partial charge in [-0.05, 0) is 109 Å². The number of unbranched alkanes of at least 4 members (excludes halogenated alkanes) is 15. The Bertz CT molecular complexity index is 1370. The van der Waals surface area contributed by atoms with E-state index in [9.17, 15) is 14.7 Å². The van der Waals surface area contributed by atoms with E-state index in [2.05, 4.69) is 148 Å². The number of hydrogen-bond acceptors (Lipinski definition) is 5. The highest BCUT2D eigenvalue weighted by Crippen LogP contribution is 2.14. The Morgan fingerprint density at radius 3 is 0.953 bits per heavy atom. The number of hydrogen-bond donors (Lipinski definition) is 1. The van der Waals surface area contributed by atoms with Crippen molar-refractivity contribution >= 4 is 11.9 Å². The van der Waals surface area contributed by atoms with Crippen molar-refractivity contribution in [2.75, 3.05) is 13.2 Å². The molecule has 0 spiro atoms. The SMILES string of the molecule is CC/C=C\C/C=C\C/C=C\C/C=C\C/C=C\C/C=C\C/C=C\C/C=C\CCCCCCCCCCCCCCC(=O)OC(CO)COC(=O)CCCCC/C=C\C/C=C\C/C=C\CC. The molecular weight excluding hydrogens is 789 g/mol. The van der Waals surface area contributed by atoms with Crippen LogP contribution in [0.3, 0.4) is 0 Å². The predicted octanol–water partition coefficient (Wildman–Crippen LogP) is 17.3. The highest BCUT2D eigenvalue weighted by molar-refractivity contribution is 5.70. The third-order valence-electron chi connectivity index (χ3n) is 10.4. The van der Waals surface area contributed by atoms with Crippen LogP contribution in [0.2, 0.25) is 0 Å². The van der Waals surface area contributed by atoms with Gasteiger partial charge in [-0.1, -0.05) is 218 Å². The number of allylic oxidation sites excluding steroid dienone is 22. The first kappa shape index (κ1) is 60.0. The average Bonchev–Trinajstić information content (AvgIpc) is 3.30. The van der Waals surface area contributed by atoms with E-state index < -0.39 is 6.10 Å². The molecule has 5 nitrogen and oxygen atoms in total. The van der Waals surface area contributed by atoms with E-state index in [1.54, 1.807) is 0 Å². The number of carbonyl (C=O) groups is 2. The first-order valence-corrected chi connectivity index (χ1v) is 25.7. The summed E-state index contributed by atoms with van der Waals surface area (Å²) in [5.41, 5.74) is 0. The quantitative estimate of drug-likeness (QED) is 0.0375. The monoisotopic (exact) mass is 883 g/mol. The summed E-state index contributed by atoms with van der Waals surface area (Å²) >= 11 is 0. The van der Waals surface area contributed by atoms with E-state index in [0.29, 0.717) is 12.8 Å². The molecule has 0 saturated carbocycles. The zero-order valence-corrected chi connectivity index (χ0v) is 41.0. The van der Waals surface area contributed by atoms with Crippen LogP contribution in [-0.2, 0) is 19.1 Å². The predicted molar refractivity (Wildman–Crippen MR) is 278 cm³/mol. The maximum absolute atomic E-state index is 12.3. The summed E-state index contributed by atoms with van der Waals surface area (Å²) in [6.07, 6.45) is 79.9. The lowest BCUT2D eigenvalue weighted by Gasteiger charge is -2.15. The molecule has 0 aliphatic carbocycles. The molecule has 0 amide bonds. The van der Waals surface area contributed by atoms with Crippen LogP contribution in [0.25, 0.3) is 0 Å². The molecule has 0 fully saturated rings. The molecule has 0 bridgehead atoms. The lowest BCUT2D eigenvalue weighted by atomic mass is 10.0. The molecule has 0 aromatic carbocycles. The molecule has 0 saturated heterocycles. The fourth-order valence-corrected chi connectivity index (χ4v) is 6.64. The molecular formula is C59H94O5. The topological polar surface area (TPSA) is 72.8 Å². The zero-order chi connectivity index (χ0) is 46.3. The molecule has 0 aromatic rings. The molecule has 0 rings (SSSR count). The molecule has 1 N–H and O–H groups in total. The summed E-state index contributed by atoms with van der Waals surface area (Å²) in [6, 6.07) is 0. The highest BCUT2D eigenvalue weighted by Gasteiger charge is 2.16. The maximum Gasteiger partial charge on any atom is 0.306 e. The molecule has 1 atom stereocenters. The normalized spacial score (nSPS) is 13.4. The van der Waals surface area contributed by atoms with Gasteiger partial charge in [-0.3, -0.25) is 9.59 Å². The lowest BCUT2D eigenvalue weighted by molar-refractivity contribution is -0.161. The standard InChI is InChI=1S/C59H94O5/c1-3-5-7-9-11-13-15-17-18-19-20-21-22-23-24-25-26-27-28-29-30-31-32-33-34-35-36-37-38-39-40-42-44-46-48-50-52-54-59(62)64-57(55-60)56-63-58(61)53-51-49-47-45-43-41-16-14-12-10-8-6-4-2/h5-8,11-14,17-18,20-21,23-24,26-27,29-30,32-33,41,43,57,60H,3-4,9-10,15-16,19,22,25,28,31,34-40,42,44-56H2,1-2H3/b7-5-,8-6-,13-11-,14-12-,18-17-,21-20-,24-23-,27-26-,30-29-,33-32-,43-41-. The largest absolute Gasteiger partial charge is 0.462 e. The average molecular weight is 883 g/mol. The van der Waals surface area contributed by atoms with Gasteiger partial charge in [0.05, 0.1) is 6.61 Å². The van der Waals surface area contributed by atoms with Gasteiger partial charge >= 0.3 is 11.9 Å². The summed E-state index contributed by atoms with van der Waals surface area (Å²) in [6.45, 7) is 3.87. The molecule has 360 valence electrons. The van der Waals surface area contributed by atoms with E-state index in [1.807, 2.05) is 0 Å². The number of ether oxygens (including phenoxy) is 2. The van der Waals surface area contributed by atoms with Gasteiger partial charge in [-0.15, -0.1) is 0 Å². The minimum absolute atomic E-state index is 0.0886. The van der Waals surface area contributed by atoms with Crippen LogP contribution in [0, 0.1) is 0 Å². The Labute approximate surface area is 394 Å². The summed E-state index contributed by atoms with van der Waals surface area (Å²) in [5.74, 6) is -0.636. The van der Waals surface area contributed by atoms with Gasteiger partial charge in [0, 0.05) is 12.8 Å². The van der Waals surface area contributed by atoms with E-state index in [-0.39, 0.29) is 25.2 Å². The third-order valence-corrected chi connectivity index (χ3v) is 10.4. The van der Waals surface area contributed by atoms with Gasteiger partial charge in [-0.2, -0.15) is 0 Å². The van der Waals surface area contributed by atoms with Crippen molar-refractivity contribution in [1.82, 2.24) is 0 Å². The second-order valence-electron chi connectivity index (χ2n) is 16.5. The van der Waals surface area contributed by atoms with Crippen LogP contribution in [0.1, 0.15) is 206 Å². The second-order valence-corrected chi connectivity index (χ2v) is 16.5. The molecule has 0 aromatic heterocycles. The van der Waals surface area contributed by atoms with Gasteiger partial charge < -0.3 is 14.6 Å². The third kappa shape index (κ3) is 50.7. The molecule has 0 radical (unpaired) electrons. The van der Waals surface area contributed by atoms with E-state index in [4.69, 9.17) is 9.47 Å². The van der Waals surface area contributed by atoms with Crippen LogP contribution in [0.4, 0.5) is 0 Å². The second kappa shape index (κ2) is 53.4. The first-order valence-electron chi connectivity index (χ1n) is 25.7. The van der Waals surface area contributed by atoms with Crippen molar-refractivity contribution in [3.05, 3.63) is 134 Å². The zero-order valence-electron chi connectivity index (χ0n) is 41.0. The number of aliphatic hydroxyl groups is 1. The smallest absolute Gasteiger partial charge is 0.306 e. The van der Waals surface area contributed by atoms with Crippen LogP contribution in [-0.4, -0.2) is 36.4 Å². The minimum atomic E-state index is -0.793. The van der Waals surface area contributed by atoms with Gasteiger partial charge in [0.25, 0.3) is 0 Å². The highest BCUT2D eigenvalue weighted by atomic mass is 16.6. The van der Waals surface area contributed by atoms with Crippen LogP contribution >= 0.6 is 0 Å². The van der Waals surface area contributed by atoms with Crippen LogP contribution in [0.15, 0.2) is 134 Å². The Morgan fingerprint density at radius 1 is 0.359 bits per heavy atom. The maximum atomic E-state index is 12.3. The lowest BCUT2D eigenvalue weighted by Crippen LogP contribution is -2.28.